The molecule has 0 bridgehead atoms. The third-order valence-corrected chi connectivity index (χ3v) is 3.61. The number of rotatable bonds is 2. The van der Waals surface area contributed by atoms with Crippen molar-refractivity contribution in [2.45, 2.75) is 69.9 Å². The average Bonchev–Trinajstić information content (AvgIpc) is 2.89. The highest BCUT2D eigenvalue weighted by Crippen LogP contribution is 2.41. The third-order valence-electron chi connectivity index (χ3n) is 3.61. The molecule has 3 aliphatic rings. The fourth-order valence-electron chi connectivity index (χ4n) is 2.91. The van der Waals surface area contributed by atoms with Gasteiger partial charge in [-0.2, -0.15) is 5.48 Å². The zero-order chi connectivity index (χ0) is 13.8. The molecule has 3 aliphatic heterocycles. The summed E-state index contributed by atoms with van der Waals surface area (Å²) in [4.78, 5) is 0. The van der Waals surface area contributed by atoms with Gasteiger partial charge in [-0.15, -0.1) is 0 Å². The first kappa shape index (κ1) is 13.7. The fourth-order valence-corrected chi connectivity index (χ4v) is 2.91. The summed E-state index contributed by atoms with van der Waals surface area (Å²) in [6.07, 6.45) is -1.85. The molecule has 3 heterocycles. The number of hydrogen-bond donors (Lipinski definition) is 2. The highest BCUT2D eigenvalue weighted by Gasteiger charge is 2.58. The summed E-state index contributed by atoms with van der Waals surface area (Å²) >= 11 is 0. The lowest BCUT2D eigenvalue weighted by molar-refractivity contribution is -0.218. The van der Waals surface area contributed by atoms with Gasteiger partial charge in [0.25, 0.3) is 0 Å². The van der Waals surface area contributed by atoms with E-state index < -0.39 is 17.8 Å². The number of hydrogen-bond acceptors (Lipinski definition) is 7. The van der Waals surface area contributed by atoms with Crippen molar-refractivity contribution in [1.29, 1.82) is 0 Å². The number of ether oxygens (including phenoxy) is 5. The molecule has 3 fully saturated rings. The van der Waals surface area contributed by atoms with E-state index in [1.54, 1.807) is 0 Å². The van der Waals surface area contributed by atoms with Crippen molar-refractivity contribution < 1.29 is 28.9 Å². The van der Waals surface area contributed by atoms with Gasteiger partial charge in [0, 0.05) is 0 Å². The molecule has 5 atom stereocenters. The van der Waals surface area contributed by atoms with Crippen molar-refractivity contribution >= 4 is 0 Å². The van der Waals surface area contributed by atoms with E-state index in [4.69, 9.17) is 28.9 Å². The van der Waals surface area contributed by atoms with E-state index in [1.165, 1.54) is 0 Å². The SMILES string of the molecule is CC1(C)OCC([C@@H]2OC(NO)C3OC(C)(C)OC32)O1. The molecule has 0 spiro atoms. The first-order valence-corrected chi connectivity index (χ1v) is 6.54. The summed E-state index contributed by atoms with van der Waals surface area (Å²) in [5.74, 6) is -1.31. The Labute approximate surface area is 112 Å². The van der Waals surface area contributed by atoms with Crippen molar-refractivity contribution in [2.75, 3.05) is 6.61 Å². The molecule has 0 aromatic carbocycles. The molecule has 2 N–H and O–H groups in total. The second-order valence-corrected chi connectivity index (χ2v) is 6.08. The highest BCUT2D eigenvalue weighted by atomic mass is 16.8. The molecule has 7 heteroatoms. The lowest BCUT2D eigenvalue weighted by Gasteiger charge is -2.26. The van der Waals surface area contributed by atoms with Crippen molar-refractivity contribution in [1.82, 2.24) is 5.48 Å². The number of nitrogens with one attached hydrogen (secondary N) is 1. The van der Waals surface area contributed by atoms with Gasteiger partial charge in [-0.3, -0.25) is 0 Å². The summed E-state index contributed by atoms with van der Waals surface area (Å²) < 4.78 is 28.7. The number of fused-ring (bicyclic) bond motifs is 1. The summed E-state index contributed by atoms with van der Waals surface area (Å²) in [7, 11) is 0. The Hall–Kier alpha value is -0.280. The Bertz CT molecular complexity index is 360. The maximum atomic E-state index is 9.16. The van der Waals surface area contributed by atoms with E-state index in [0.29, 0.717) is 6.61 Å². The first-order chi connectivity index (χ1) is 8.81. The molecule has 0 aliphatic carbocycles. The molecule has 7 nitrogen and oxygen atoms in total. The lowest BCUT2D eigenvalue weighted by Crippen LogP contribution is -2.40. The predicted molar refractivity (Wildman–Crippen MR) is 62.3 cm³/mol. The van der Waals surface area contributed by atoms with Gasteiger partial charge in [-0.1, -0.05) is 0 Å². The quantitative estimate of drug-likeness (QED) is 0.704. The van der Waals surface area contributed by atoms with Gasteiger partial charge < -0.3 is 28.9 Å². The topological polar surface area (TPSA) is 78.4 Å². The molecule has 3 saturated heterocycles. The van der Waals surface area contributed by atoms with Gasteiger partial charge in [0.05, 0.1) is 6.61 Å². The van der Waals surface area contributed by atoms with E-state index in [2.05, 4.69) is 5.48 Å². The summed E-state index contributed by atoms with van der Waals surface area (Å²) in [5.41, 5.74) is 2.12. The standard InChI is InChI=1S/C12H21NO6/c1-11(2)15-5-6(17-11)7-8-9(10(13-14)16-7)19-12(3,4)18-8/h6-10,13-14H,5H2,1-4H3/t6?,7-,8?,9?,10?/m0/s1. The largest absolute Gasteiger partial charge is 0.350 e. The van der Waals surface area contributed by atoms with Crippen LogP contribution in [-0.4, -0.2) is 54.0 Å². The molecule has 110 valence electrons. The minimum Gasteiger partial charge on any atom is -0.350 e. The zero-order valence-corrected chi connectivity index (χ0v) is 11.6. The zero-order valence-electron chi connectivity index (χ0n) is 11.6. The van der Waals surface area contributed by atoms with E-state index in [1.807, 2.05) is 27.7 Å². The average molecular weight is 275 g/mol. The molecule has 0 aromatic heterocycles. The predicted octanol–water partition coefficient (Wildman–Crippen LogP) is 0.362. The minimum atomic E-state index is -0.693. The monoisotopic (exact) mass is 275 g/mol. The molecule has 0 radical (unpaired) electrons. The Balaban J connectivity index is 1.76. The van der Waals surface area contributed by atoms with Crippen molar-refractivity contribution in [3.8, 4) is 0 Å². The second-order valence-electron chi connectivity index (χ2n) is 6.08. The van der Waals surface area contributed by atoms with Crippen LogP contribution in [-0.2, 0) is 23.7 Å². The van der Waals surface area contributed by atoms with Gasteiger partial charge >= 0.3 is 0 Å². The fraction of sp³-hybridized carbons (Fsp3) is 1.00. The molecule has 19 heavy (non-hydrogen) atoms. The molecular weight excluding hydrogens is 254 g/mol. The van der Waals surface area contributed by atoms with E-state index in [0.717, 1.165) is 0 Å². The summed E-state index contributed by atoms with van der Waals surface area (Å²) in [5, 5.41) is 9.16. The summed E-state index contributed by atoms with van der Waals surface area (Å²) in [6, 6.07) is 0. The second kappa shape index (κ2) is 4.36. The lowest BCUT2D eigenvalue weighted by atomic mass is 10.1. The minimum absolute atomic E-state index is 0.238. The smallest absolute Gasteiger partial charge is 0.164 e. The van der Waals surface area contributed by atoms with Crippen LogP contribution in [0.25, 0.3) is 0 Å². The Kier molecular flexibility index (Phi) is 3.14. The highest BCUT2D eigenvalue weighted by molar-refractivity contribution is 5.00. The first-order valence-electron chi connectivity index (χ1n) is 6.54. The van der Waals surface area contributed by atoms with Crippen molar-refractivity contribution in [3.05, 3.63) is 0 Å². The van der Waals surface area contributed by atoms with Gasteiger partial charge in [0.1, 0.15) is 24.4 Å². The Morgan fingerprint density at radius 2 is 1.63 bits per heavy atom. The van der Waals surface area contributed by atoms with Crippen LogP contribution in [0, 0.1) is 0 Å². The molecule has 3 rings (SSSR count). The molecular formula is C12H21NO6. The van der Waals surface area contributed by atoms with Crippen LogP contribution in [0.15, 0.2) is 0 Å². The molecule has 0 amide bonds. The maximum Gasteiger partial charge on any atom is 0.164 e. The van der Waals surface area contributed by atoms with E-state index in [9.17, 15) is 0 Å². The third kappa shape index (κ3) is 2.40. The number of hydroxylamine groups is 1. The van der Waals surface area contributed by atoms with Crippen LogP contribution in [0.1, 0.15) is 27.7 Å². The van der Waals surface area contributed by atoms with Crippen LogP contribution in [0.2, 0.25) is 0 Å². The Morgan fingerprint density at radius 1 is 0.947 bits per heavy atom. The van der Waals surface area contributed by atoms with Crippen molar-refractivity contribution in [2.24, 2.45) is 0 Å². The van der Waals surface area contributed by atoms with Gasteiger partial charge in [-0.05, 0) is 27.7 Å². The Morgan fingerprint density at radius 3 is 2.21 bits per heavy atom. The van der Waals surface area contributed by atoms with Crippen LogP contribution >= 0.6 is 0 Å². The van der Waals surface area contributed by atoms with Gasteiger partial charge in [0.2, 0.25) is 0 Å². The normalized spacial score (nSPS) is 47.5. The van der Waals surface area contributed by atoms with Crippen LogP contribution in [0.4, 0.5) is 0 Å². The molecule has 4 unspecified atom stereocenters. The molecule has 0 aromatic rings. The van der Waals surface area contributed by atoms with Crippen LogP contribution < -0.4 is 5.48 Å². The van der Waals surface area contributed by atoms with Gasteiger partial charge in [-0.25, -0.2) is 0 Å². The van der Waals surface area contributed by atoms with E-state index in [-0.39, 0.29) is 24.4 Å². The van der Waals surface area contributed by atoms with Crippen LogP contribution in [0.3, 0.4) is 0 Å². The van der Waals surface area contributed by atoms with Gasteiger partial charge in [0.15, 0.2) is 17.8 Å². The van der Waals surface area contributed by atoms with Crippen LogP contribution in [0.5, 0.6) is 0 Å². The van der Waals surface area contributed by atoms with E-state index >= 15 is 0 Å². The maximum absolute atomic E-state index is 9.16. The van der Waals surface area contributed by atoms with Crippen molar-refractivity contribution in [3.63, 3.8) is 0 Å². The molecule has 0 saturated carbocycles. The summed E-state index contributed by atoms with van der Waals surface area (Å²) in [6.45, 7) is 7.83.